The number of nitrogens with zero attached hydrogens (tertiary/aromatic N) is 4. The van der Waals surface area contributed by atoms with Crippen molar-refractivity contribution in [3.05, 3.63) is 35.4 Å². The minimum Gasteiger partial charge on any atom is -0.323 e. The first-order chi connectivity index (χ1) is 11.2. The normalized spacial score (nSPS) is 20.1. The Morgan fingerprint density at radius 3 is 2.39 bits per heavy atom. The molecule has 2 aliphatic rings. The highest BCUT2D eigenvalue weighted by molar-refractivity contribution is 5.76. The number of benzene rings is 1. The van der Waals surface area contributed by atoms with Crippen LogP contribution in [0.5, 0.6) is 0 Å². The Hall–Kier alpha value is -2.06. The fraction of sp³-hybridized carbons (Fsp3) is 0.556. The molecule has 5 heteroatoms. The number of hydrogen-bond acceptors (Lipinski definition) is 3. The Balaban J connectivity index is 1.50. The summed E-state index contributed by atoms with van der Waals surface area (Å²) in [7, 11) is 0. The monoisotopic (exact) mass is 312 g/mol. The number of rotatable bonds is 4. The van der Waals surface area contributed by atoms with Gasteiger partial charge in [-0.15, -0.1) is 0 Å². The van der Waals surface area contributed by atoms with Gasteiger partial charge in [0.15, 0.2) is 0 Å². The number of amides is 2. The average Bonchev–Trinajstić information content (AvgIpc) is 2.97. The Morgan fingerprint density at radius 2 is 1.83 bits per heavy atom. The van der Waals surface area contributed by atoms with Gasteiger partial charge in [0, 0.05) is 45.3 Å². The van der Waals surface area contributed by atoms with E-state index in [-0.39, 0.29) is 6.03 Å². The number of nitriles is 1. The molecule has 122 valence electrons. The minimum absolute atomic E-state index is 0.220. The Bertz CT molecular complexity index is 584. The molecule has 0 saturated carbocycles. The van der Waals surface area contributed by atoms with Crippen LogP contribution in [0.2, 0.25) is 0 Å². The van der Waals surface area contributed by atoms with Gasteiger partial charge in [0.05, 0.1) is 11.6 Å². The number of piperidine rings is 1. The fourth-order valence-corrected chi connectivity index (χ4v) is 3.57. The summed E-state index contributed by atoms with van der Waals surface area (Å²) in [5.41, 5.74) is 1.96. The second-order valence-electron chi connectivity index (χ2n) is 6.37. The summed E-state index contributed by atoms with van der Waals surface area (Å²) >= 11 is 0. The van der Waals surface area contributed by atoms with E-state index < -0.39 is 0 Å². The molecule has 0 spiro atoms. The maximum atomic E-state index is 12.3. The molecule has 0 N–H and O–H groups in total. The summed E-state index contributed by atoms with van der Waals surface area (Å²) < 4.78 is 0. The molecule has 0 aliphatic carbocycles. The molecule has 2 fully saturated rings. The number of likely N-dealkylation sites (N-methyl/N-ethyl adjacent to an activating group) is 1. The third-order valence-corrected chi connectivity index (χ3v) is 5.00. The molecule has 2 aliphatic heterocycles. The van der Waals surface area contributed by atoms with Crippen molar-refractivity contribution < 1.29 is 4.79 Å². The first kappa shape index (κ1) is 15.8. The predicted molar refractivity (Wildman–Crippen MR) is 88.8 cm³/mol. The number of likely N-dealkylation sites (tertiary alicyclic amines) is 1. The van der Waals surface area contributed by atoms with E-state index >= 15 is 0 Å². The van der Waals surface area contributed by atoms with Crippen molar-refractivity contribution in [2.45, 2.75) is 32.4 Å². The highest BCUT2D eigenvalue weighted by Gasteiger charge is 2.34. The largest absolute Gasteiger partial charge is 0.323 e. The van der Waals surface area contributed by atoms with E-state index in [0.717, 1.165) is 52.1 Å². The van der Waals surface area contributed by atoms with E-state index in [9.17, 15) is 4.79 Å². The third-order valence-electron chi connectivity index (χ3n) is 5.00. The molecular formula is C18H24N4O. The average molecular weight is 312 g/mol. The van der Waals surface area contributed by atoms with Gasteiger partial charge in [-0.25, -0.2) is 4.79 Å². The topological polar surface area (TPSA) is 50.6 Å². The zero-order valence-corrected chi connectivity index (χ0v) is 13.7. The van der Waals surface area contributed by atoms with Gasteiger partial charge in [-0.1, -0.05) is 12.1 Å². The maximum Gasteiger partial charge on any atom is 0.320 e. The van der Waals surface area contributed by atoms with Gasteiger partial charge in [0.25, 0.3) is 0 Å². The second kappa shape index (κ2) is 7.01. The van der Waals surface area contributed by atoms with Crippen LogP contribution in [0, 0.1) is 11.3 Å². The third kappa shape index (κ3) is 3.48. The molecular weight excluding hydrogens is 288 g/mol. The molecule has 0 bridgehead atoms. The molecule has 2 amide bonds. The van der Waals surface area contributed by atoms with Crippen LogP contribution in [0.25, 0.3) is 0 Å². The lowest BCUT2D eigenvalue weighted by Gasteiger charge is -2.36. The van der Waals surface area contributed by atoms with E-state index in [1.165, 1.54) is 5.56 Å². The van der Waals surface area contributed by atoms with Gasteiger partial charge in [0.1, 0.15) is 0 Å². The van der Waals surface area contributed by atoms with E-state index in [1.54, 1.807) is 0 Å². The van der Waals surface area contributed by atoms with Gasteiger partial charge in [0.2, 0.25) is 0 Å². The van der Waals surface area contributed by atoms with Crippen molar-refractivity contribution in [3.8, 4) is 6.07 Å². The molecule has 2 heterocycles. The minimum atomic E-state index is 0.220. The summed E-state index contributed by atoms with van der Waals surface area (Å²) in [6.07, 6.45) is 2.11. The van der Waals surface area contributed by atoms with Crippen LogP contribution in [0.4, 0.5) is 4.79 Å². The van der Waals surface area contributed by atoms with Crippen molar-refractivity contribution in [1.29, 1.82) is 5.26 Å². The van der Waals surface area contributed by atoms with E-state index in [4.69, 9.17) is 5.26 Å². The van der Waals surface area contributed by atoms with Crippen molar-refractivity contribution in [1.82, 2.24) is 14.7 Å². The highest BCUT2D eigenvalue weighted by atomic mass is 16.2. The Morgan fingerprint density at radius 1 is 1.13 bits per heavy atom. The van der Waals surface area contributed by atoms with Crippen molar-refractivity contribution >= 4 is 6.03 Å². The first-order valence-electron chi connectivity index (χ1n) is 8.48. The van der Waals surface area contributed by atoms with Crippen LogP contribution in [-0.2, 0) is 6.54 Å². The molecule has 1 aromatic rings. The van der Waals surface area contributed by atoms with Gasteiger partial charge in [-0.05, 0) is 37.5 Å². The number of carbonyl (C=O) groups is 1. The van der Waals surface area contributed by atoms with Crippen LogP contribution in [-0.4, -0.2) is 59.5 Å². The van der Waals surface area contributed by atoms with Crippen molar-refractivity contribution in [2.24, 2.45) is 0 Å². The van der Waals surface area contributed by atoms with E-state index in [0.29, 0.717) is 11.6 Å². The molecule has 5 nitrogen and oxygen atoms in total. The zero-order chi connectivity index (χ0) is 16.2. The van der Waals surface area contributed by atoms with Gasteiger partial charge >= 0.3 is 6.03 Å². The van der Waals surface area contributed by atoms with Crippen LogP contribution in [0.1, 0.15) is 30.9 Å². The van der Waals surface area contributed by atoms with Crippen LogP contribution < -0.4 is 0 Å². The number of carbonyl (C=O) groups excluding carboxylic acids is 1. The molecule has 0 atom stereocenters. The summed E-state index contributed by atoms with van der Waals surface area (Å²) in [4.78, 5) is 18.7. The fourth-order valence-electron chi connectivity index (χ4n) is 3.57. The van der Waals surface area contributed by atoms with E-state index in [2.05, 4.69) is 15.9 Å². The summed E-state index contributed by atoms with van der Waals surface area (Å²) in [5.74, 6) is 0. The number of hydrogen-bond donors (Lipinski definition) is 0. The Labute approximate surface area is 138 Å². The summed E-state index contributed by atoms with van der Waals surface area (Å²) in [6, 6.07) is 10.6. The van der Waals surface area contributed by atoms with Crippen LogP contribution in [0.15, 0.2) is 24.3 Å². The second-order valence-corrected chi connectivity index (χ2v) is 6.37. The lowest BCUT2D eigenvalue weighted by atomic mass is 10.0. The van der Waals surface area contributed by atoms with Gasteiger partial charge < -0.3 is 9.80 Å². The zero-order valence-electron chi connectivity index (χ0n) is 13.7. The highest BCUT2D eigenvalue weighted by Crippen LogP contribution is 2.22. The SMILES string of the molecule is CCN1CCN(C2CCN(Cc3ccc(C#N)cc3)CC2)C1=O. The summed E-state index contributed by atoms with van der Waals surface area (Å²) in [5, 5.41) is 8.84. The number of urea groups is 1. The maximum absolute atomic E-state index is 12.3. The lowest BCUT2D eigenvalue weighted by Crippen LogP contribution is -2.46. The van der Waals surface area contributed by atoms with Crippen molar-refractivity contribution in [3.63, 3.8) is 0 Å². The molecule has 3 rings (SSSR count). The van der Waals surface area contributed by atoms with Crippen LogP contribution in [0.3, 0.4) is 0 Å². The predicted octanol–water partition coefficient (Wildman–Crippen LogP) is 2.28. The van der Waals surface area contributed by atoms with Gasteiger partial charge in [-0.2, -0.15) is 5.26 Å². The van der Waals surface area contributed by atoms with Crippen molar-refractivity contribution in [2.75, 3.05) is 32.7 Å². The molecule has 0 unspecified atom stereocenters. The summed E-state index contributed by atoms with van der Waals surface area (Å²) in [6.45, 7) is 7.59. The molecule has 23 heavy (non-hydrogen) atoms. The Kier molecular flexibility index (Phi) is 4.82. The molecule has 1 aromatic carbocycles. The molecule has 2 saturated heterocycles. The molecule has 0 aromatic heterocycles. The lowest BCUT2D eigenvalue weighted by molar-refractivity contribution is 0.126. The smallest absolute Gasteiger partial charge is 0.320 e. The van der Waals surface area contributed by atoms with Crippen LogP contribution >= 0.6 is 0 Å². The standard InChI is InChI=1S/C18H24N4O/c1-2-21-11-12-22(18(21)23)17-7-9-20(10-8-17)14-16-5-3-15(13-19)4-6-16/h3-6,17H,2,7-12,14H2,1H3. The van der Waals surface area contributed by atoms with E-state index in [1.807, 2.05) is 36.1 Å². The van der Waals surface area contributed by atoms with Gasteiger partial charge in [-0.3, -0.25) is 4.90 Å². The molecule has 0 radical (unpaired) electrons. The first-order valence-corrected chi connectivity index (χ1v) is 8.48. The quantitative estimate of drug-likeness (QED) is 0.857.